The van der Waals surface area contributed by atoms with Gasteiger partial charge in [-0.3, -0.25) is 4.79 Å². The van der Waals surface area contributed by atoms with E-state index in [-0.39, 0.29) is 24.0 Å². The van der Waals surface area contributed by atoms with E-state index in [0.717, 1.165) is 44.5 Å². The maximum atomic E-state index is 12.6. The first-order valence-corrected chi connectivity index (χ1v) is 9.66. The van der Waals surface area contributed by atoms with E-state index in [9.17, 15) is 4.79 Å². The van der Waals surface area contributed by atoms with Crippen LogP contribution in [0.25, 0.3) is 11.5 Å². The summed E-state index contributed by atoms with van der Waals surface area (Å²) in [6, 6.07) is 9.88. The zero-order valence-electron chi connectivity index (χ0n) is 15.7. The molecule has 6 heteroatoms. The highest BCUT2D eigenvalue weighted by atomic mass is 16.5. The third kappa shape index (κ3) is 4.22. The van der Waals surface area contributed by atoms with E-state index in [1.807, 2.05) is 37.3 Å². The van der Waals surface area contributed by atoms with Crippen LogP contribution in [-0.4, -0.2) is 42.4 Å². The summed E-state index contributed by atoms with van der Waals surface area (Å²) in [6.45, 7) is 4.02. The van der Waals surface area contributed by atoms with E-state index in [1.165, 1.54) is 0 Å². The Balaban J connectivity index is 1.37. The summed E-state index contributed by atoms with van der Waals surface area (Å²) < 4.78 is 17.3. The second kappa shape index (κ2) is 7.82. The molecule has 3 heterocycles. The summed E-state index contributed by atoms with van der Waals surface area (Å²) in [6.07, 6.45) is 3.75. The number of aryl methyl sites for hydroxylation is 1. The molecule has 0 unspecified atom stereocenters. The average molecular weight is 370 g/mol. The second-order valence-electron chi connectivity index (χ2n) is 7.47. The number of hydrogen-bond acceptors (Lipinski definition) is 5. The molecule has 0 aliphatic carbocycles. The first-order chi connectivity index (χ1) is 13.1. The van der Waals surface area contributed by atoms with Crippen molar-refractivity contribution in [2.45, 2.75) is 50.7 Å². The molecule has 1 aromatic heterocycles. The predicted octanol–water partition coefficient (Wildman–Crippen LogP) is 3.04. The Labute approximate surface area is 159 Å². The molecule has 2 aromatic rings. The van der Waals surface area contributed by atoms with Crippen molar-refractivity contribution in [2.75, 3.05) is 19.8 Å². The van der Waals surface area contributed by atoms with Gasteiger partial charge in [0.15, 0.2) is 0 Å². The van der Waals surface area contributed by atoms with Crippen molar-refractivity contribution in [3.05, 3.63) is 41.8 Å². The lowest BCUT2D eigenvalue weighted by molar-refractivity contribution is -0.143. The van der Waals surface area contributed by atoms with Gasteiger partial charge in [0.05, 0.1) is 17.7 Å². The van der Waals surface area contributed by atoms with Gasteiger partial charge < -0.3 is 19.2 Å². The Kier molecular flexibility index (Phi) is 5.27. The SMILES string of the molecule is Cc1oc(-c2ccccc2)nc1CC(=O)N[C@H]1CCOC2(CCOCC2)C1. The molecule has 2 aliphatic rings. The molecule has 1 atom stereocenters. The molecule has 0 radical (unpaired) electrons. The number of amides is 1. The highest BCUT2D eigenvalue weighted by Crippen LogP contribution is 2.34. The smallest absolute Gasteiger partial charge is 0.226 e. The fourth-order valence-corrected chi connectivity index (χ4v) is 3.97. The van der Waals surface area contributed by atoms with Crippen molar-refractivity contribution in [2.24, 2.45) is 0 Å². The fourth-order valence-electron chi connectivity index (χ4n) is 3.97. The summed E-state index contributed by atoms with van der Waals surface area (Å²) in [5.41, 5.74) is 1.48. The number of hydrogen-bond donors (Lipinski definition) is 1. The van der Waals surface area contributed by atoms with Crippen molar-refractivity contribution in [1.29, 1.82) is 0 Å². The molecule has 2 saturated heterocycles. The van der Waals surface area contributed by atoms with Crippen molar-refractivity contribution >= 4 is 5.91 Å². The quantitative estimate of drug-likeness (QED) is 0.895. The van der Waals surface area contributed by atoms with Gasteiger partial charge >= 0.3 is 0 Å². The Morgan fingerprint density at radius 3 is 2.78 bits per heavy atom. The zero-order valence-corrected chi connectivity index (χ0v) is 15.7. The first-order valence-electron chi connectivity index (χ1n) is 9.66. The zero-order chi connectivity index (χ0) is 18.7. The van der Waals surface area contributed by atoms with E-state index in [2.05, 4.69) is 10.3 Å². The molecule has 2 fully saturated rings. The maximum absolute atomic E-state index is 12.6. The third-order valence-corrected chi connectivity index (χ3v) is 5.50. The van der Waals surface area contributed by atoms with E-state index in [4.69, 9.17) is 13.9 Å². The van der Waals surface area contributed by atoms with Crippen LogP contribution in [0.15, 0.2) is 34.7 Å². The third-order valence-electron chi connectivity index (χ3n) is 5.50. The van der Waals surface area contributed by atoms with Gasteiger partial charge in [-0.15, -0.1) is 0 Å². The molecule has 1 aromatic carbocycles. The molecule has 0 saturated carbocycles. The Morgan fingerprint density at radius 2 is 2.00 bits per heavy atom. The van der Waals surface area contributed by atoms with Crippen LogP contribution in [0.4, 0.5) is 0 Å². The minimum atomic E-state index is -0.126. The lowest BCUT2D eigenvalue weighted by atomic mass is 9.84. The summed E-state index contributed by atoms with van der Waals surface area (Å²) in [5, 5.41) is 3.17. The predicted molar refractivity (Wildman–Crippen MR) is 100 cm³/mol. The molecule has 2 aliphatic heterocycles. The van der Waals surface area contributed by atoms with Crippen molar-refractivity contribution in [3.63, 3.8) is 0 Å². The van der Waals surface area contributed by atoms with E-state index in [0.29, 0.717) is 24.0 Å². The number of benzene rings is 1. The normalized spacial score (nSPS) is 21.9. The van der Waals surface area contributed by atoms with E-state index in [1.54, 1.807) is 0 Å². The van der Waals surface area contributed by atoms with Gasteiger partial charge in [-0.2, -0.15) is 0 Å². The number of nitrogens with one attached hydrogen (secondary N) is 1. The van der Waals surface area contributed by atoms with Crippen LogP contribution >= 0.6 is 0 Å². The number of carbonyl (C=O) groups is 1. The number of carbonyl (C=O) groups excluding carboxylic acids is 1. The van der Waals surface area contributed by atoms with Crippen LogP contribution in [0.5, 0.6) is 0 Å². The first kappa shape index (κ1) is 18.2. The molecular weight excluding hydrogens is 344 g/mol. The van der Waals surface area contributed by atoms with Gasteiger partial charge in [0.25, 0.3) is 0 Å². The molecule has 1 N–H and O–H groups in total. The minimum absolute atomic E-state index is 0.0138. The van der Waals surface area contributed by atoms with Crippen molar-refractivity contribution in [1.82, 2.24) is 10.3 Å². The lowest BCUT2D eigenvalue weighted by Crippen LogP contribution is -2.51. The van der Waals surface area contributed by atoms with Crippen LogP contribution in [0.3, 0.4) is 0 Å². The van der Waals surface area contributed by atoms with Gasteiger partial charge in [-0.1, -0.05) is 18.2 Å². The monoisotopic (exact) mass is 370 g/mol. The molecule has 0 bridgehead atoms. The molecule has 144 valence electrons. The van der Waals surface area contributed by atoms with Crippen LogP contribution in [0.1, 0.15) is 37.1 Å². The maximum Gasteiger partial charge on any atom is 0.226 e. The molecule has 4 rings (SSSR count). The van der Waals surface area contributed by atoms with Crippen LogP contribution in [0, 0.1) is 6.92 Å². The summed E-state index contributed by atoms with van der Waals surface area (Å²) in [5.74, 6) is 1.24. The van der Waals surface area contributed by atoms with E-state index < -0.39 is 0 Å². The number of nitrogens with zero attached hydrogens (tertiary/aromatic N) is 1. The number of oxazole rings is 1. The molecule has 6 nitrogen and oxygen atoms in total. The van der Waals surface area contributed by atoms with Crippen LogP contribution < -0.4 is 5.32 Å². The number of rotatable bonds is 4. The van der Waals surface area contributed by atoms with Gasteiger partial charge in [0.2, 0.25) is 11.8 Å². The highest BCUT2D eigenvalue weighted by molar-refractivity contribution is 5.78. The fraction of sp³-hybridized carbons (Fsp3) is 0.524. The van der Waals surface area contributed by atoms with Crippen LogP contribution in [0.2, 0.25) is 0 Å². The van der Waals surface area contributed by atoms with Gasteiger partial charge in [0, 0.05) is 31.4 Å². The van der Waals surface area contributed by atoms with Crippen LogP contribution in [-0.2, 0) is 20.7 Å². The van der Waals surface area contributed by atoms with Gasteiger partial charge in [-0.05, 0) is 44.7 Å². The minimum Gasteiger partial charge on any atom is -0.441 e. The Bertz CT molecular complexity index is 775. The number of ether oxygens (including phenoxy) is 2. The standard InChI is InChI=1S/C21H26N2O4/c1-15-18(23-20(27-15)16-5-3-2-4-6-16)13-19(24)22-17-7-10-26-21(14-17)8-11-25-12-9-21/h2-6,17H,7-14H2,1H3,(H,22,24)/t17-/m0/s1. The van der Waals surface area contributed by atoms with Crippen molar-refractivity contribution < 1.29 is 18.7 Å². The van der Waals surface area contributed by atoms with Gasteiger partial charge in [-0.25, -0.2) is 4.98 Å². The summed E-state index contributed by atoms with van der Waals surface area (Å²) in [7, 11) is 0. The number of aromatic nitrogens is 1. The lowest BCUT2D eigenvalue weighted by Gasteiger charge is -2.43. The molecule has 1 spiro atoms. The summed E-state index contributed by atoms with van der Waals surface area (Å²) in [4.78, 5) is 17.1. The molecule has 1 amide bonds. The molecule has 27 heavy (non-hydrogen) atoms. The largest absolute Gasteiger partial charge is 0.441 e. The van der Waals surface area contributed by atoms with E-state index >= 15 is 0 Å². The summed E-state index contributed by atoms with van der Waals surface area (Å²) >= 11 is 0. The Hall–Kier alpha value is -2.18. The highest BCUT2D eigenvalue weighted by Gasteiger charge is 2.39. The van der Waals surface area contributed by atoms with Gasteiger partial charge in [0.1, 0.15) is 5.76 Å². The second-order valence-corrected chi connectivity index (χ2v) is 7.47. The molecular formula is C21H26N2O4. The van der Waals surface area contributed by atoms with Crippen molar-refractivity contribution in [3.8, 4) is 11.5 Å². The Morgan fingerprint density at radius 1 is 1.22 bits per heavy atom. The topological polar surface area (TPSA) is 73.6 Å². The average Bonchev–Trinajstić information content (AvgIpc) is 3.03.